The van der Waals surface area contributed by atoms with Gasteiger partial charge in [-0.15, -0.1) is 0 Å². The molecule has 0 bridgehead atoms. The van der Waals surface area contributed by atoms with Gasteiger partial charge in [-0.2, -0.15) is 0 Å². The molecule has 0 amide bonds. The zero-order chi connectivity index (χ0) is 12.7. The van der Waals surface area contributed by atoms with Crippen molar-refractivity contribution >= 4 is 5.82 Å². The number of anilines is 1. The van der Waals surface area contributed by atoms with Gasteiger partial charge in [0.25, 0.3) is 0 Å². The molecule has 96 valence electrons. The van der Waals surface area contributed by atoms with Crippen molar-refractivity contribution in [1.82, 2.24) is 9.88 Å². The van der Waals surface area contributed by atoms with Crippen LogP contribution in [0.5, 0.6) is 0 Å². The molecule has 1 aromatic heterocycles. The molecule has 0 aliphatic rings. The highest BCUT2D eigenvalue weighted by Gasteiger charge is 2.10. The lowest BCUT2D eigenvalue weighted by Gasteiger charge is -2.26. The molecule has 0 fully saturated rings. The number of hydrogen-bond donors (Lipinski definition) is 1. The molecular weight excluding hydrogens is 210 g/mol. The lowest BCUT2D eigenvalue weighted by atomic mass is 10.1. The third kappa shape index (κ3) is 4.35. The third-order valence-corrected chi connectivity index (χ3v) is 3.18. The second-order valence-corrected chi connectivity index (χ2v) is 4.47. The molecule has 0 aromatic carbocycles. The van der Waals surface area contributed by atoms with Crippen molar-refractivity contribution in [2.24, 2.45) is 0 Å². The number of hydrogen-bond acceptors (Lipinski definition) is 3. The summed E-state index contributed by atoms with van der Waals surface area (Å²) in [6.07, 6.45) is 4.30. The highest BCUT2D eigenvalue weighted by atomic mass is 15.1. The molecule has 0 saturated heterocycles. The Bertz CT molecular complexity index is 321. The molecule has 0 saturated carbocycles. The molecule has 0 aliphatic carbocycles. The lowest BCUT2D eigenvalue weighted by Crippen LogP contribution is -2.30. The van der Waals surface area contributed by atoms with Crippen LogP contribution < -0.4 is 5.32 Å². The zero-order valence-corrected chi connectivity index (χ0v) is 11.5. The first-order valence-corrected chi connectivity index (χ1v) is 6.60. The molecule has 3 nitrogen and oxygen atoms in total. The maximum Gasteiger partial charge on any atom is 0.126 e. The first-order valence-electron chi connectivity index (χ1n) is 6.60. The summed E-state index contributed by atoms with van der Waals surface area (Å²) in [7, 11) is 2.20. The first-order chi connectivity index (χ1) is 8.21. The summed E-state index contributed by atoms with van der Waals surface area (Å²) in [5, 5.41) is 3.25. The van der Waals surface area contributed by atoms with Crippen LogP contribution in [0.2, 0.25) is 0 Å². The Hall–Kier alpha value is -1.09. The van der Waals surface area contributed by atoms with Crippen LogP contribution in [0.1, 0.15) is 39.2 Å². The van der Waals surface area contributed by atoms with Crippen LogP contribution in [-0.4, -0.2) is 29.5 Å². The van der Waals surface area contributed by atoms with Gasteiger partial charge in [0.2, 0.25) is 0 Å². The Morgan fingerprint density at radius 2 is 2.00 bits per heavy atom. The molecule has 1 heterocycles. The summed E-state index contributed by atoms with van der Waals surface area (Å²) in [5.74, 6) is 0.975. The fraction of sp³-hybridized carbons (Fsp3) is 0.643. The largest absolute Gasteiger partial charge is 0.370 e. The standard InChI is InChI=1S/C14H25N3/c1-5-13(6-2)17(4)11-12-8-9-16-14(10-12)15-7-3/h8-10,13H,5-7,11H2,1-4H3,(H,15,16). The van der Waals surface area contributed by atoms with Crippen molar-refractivity contribution in [2.45, 2.75) is 46.2 Å². The van der Waals surface area contributed by atoms with Crippen molar-refractivity contribution in [3.8, 4) is 0 Å². The Balaban J connectivity index is 2.63. The van der Waals surface area contributed by atoms with Crippen LogP contribution in [0.3, 0.4) is 0 Å². The van der Waals surface area contributed by atoms with Gasteiger partial charge in [-0.1, -0.05) is 13.8 Å². The fourth-order valence-electron chi connectivity index (χ4n) is 2.18. The van der Waals surface area contributed by atoms with E-state index in [1.807, 2.05) is 6.20 Å². The average Bonchev–Trinajstić information content (AvgIpc) is 2.31. The van der Waals surface area contributed by atoms with E-state index >= 15 is 0 Å². The van der Waals surface area contributed by atoms with Crippen LogP contribution in [0, 0.1) is 0 Å². The van der Waals surface area contributed by atoms with E-state index in [4.69, 9.17) is 0 Å². The minimum atomic E-state index is 0.672. The van der Waals surface area contributed by atoms with E-state index in [-0.39, 0.29) is 0 Å². The van der Waals surface area contributed by atoms with Crippen LogP contribution in [0.25, 0.3) is 0 Å². The van der Waals surface area contributed by atoms with Gasteiger partial charge in [-0.3, -0.25) is 4.90 Å². The van der Waals surface area contributed by atoms with Gasteiger partial charge >= 0.3 is 0 Å². The maximum absolute atomic E-state index is 4.29. The SMILES string of the molecule is CCNc1cc(CN(C)C(CC)CC)ccn1. The highest BCUT2D eigenvalue weighted by Crippen LogP contribution is 2.13. The molecule has 3 heteroatoms. The van der Waals surface area contributed by atoms with Gasteiger partial charge in [0.1, 0.15) is 5.82 Å². The second kappa shape index (κ2) is 7.28. The molecule has 0 spiro atoms. The Kier molecular flexibility index (Phi) is 5.98. The van der Waals surface area contributed by atoms with E-state index in [0.717, 1.165) is 18.9 Å². The molecule has 1 aromatic rings. The number of aromatic nitrogens is 1. The van der Waals surface area contributed by atoms with Gasteiger partial charge in [-0.05, 0) is 44.5 Å². The van der Waals surface area contributed by atoms with Crippen LogP contribution in [0.15, 0.2) is 18.3 Å². The Morgan fingerprint density at radius 1 is 1.29 bits per heavy atom. The van der Waals surface area contributed by atoms with Crippen molar-refractivity contribution in [3.05, 3.63) is 23.9 Å². The minimum absolute atomic E-state index is 0.672. The molecule has 0 aliphatic heterocycles. The van der Waals surface area contributed by atoms with E-state index in [2.05, 4.69) is 55.2 Å². The predicted molar refractivity (Wildman–Crippen MR) is 74.2 cm³/mol. The second-order valence-electron chi connectivity index (χ2n) is 4.47. The van der Waals surface area contributed by atoms with Gasteiger partial charge in [0.05, 0.1) is 0 Å². The van der Waals surface area contributed by atoms with Crippen molar-refractivity contribution in [2.75, 3.05) is 18.9 Å². The topological polar surface area (TPSA) is 28.2 Å². The predicted octanol–water partition coefficient (Wildman–Crippen LogP) is 3.13. The van der Waals surface area contributed by atoms with E-state index in [1.165, 1.54) is 18.4 Å². The Morgan fingerprint density at radius 3 is 2.59 bits per heavy atom. The van der Waals surface area contributed by atoms with Crippen molar-refractivity contribution < 1.29 is 0 Å². The molecule has 1 N–H and O–H groups in total. The molecule has 0 radical (unpaired) electrons. The molecule has 17 heavy (non-hydrogen) atoms. The quantitative estimate of drug-likeness (QED) is 0.787. The van der Waals surface area contributed by atoms with Gasteiger partial charge in [-0.25, -0.2) is 4.98 Å². The summed E-state index contributed by atoms with van der Waals surface area (Å²) >= 11 is 0. The molecular formula is C14H25N3. The van der Waals surface area contributed by atoms with E-state index in [0.29, 0.717) is 6.04 Å². The summed E-state index contributed by atoms with van der Waals surface area (Å²) < 4.78 is 0. The van der Waals surface area contributed by atoms with E-state index < -0.39 is 0 Å². The smallest absolute Gasteiger partial charge is 0.126 e. The number of pyridine rings is 1. The lowest BCUT2D eigenvalue weighted by molar-refractivity contribution is 0.222. The molecule has 0 unspecified atom stereocenters. The monoisotopic (exact) mass is 235 g/mol. The number of nitrogens with one attached hydrogen (secondary N) is 1. The summed E-state index contributed by atoms with van der Waals surface area (Å²) in [4.78, 5) is 6.71. The molecule has 0 atom stereocenters. The van der Waals surface area contributed by atoms with Crippen LogP contribution in [-0.2, 0) is 6.54 Å². The minimum Gasteiger partial charge on any atom is -0.370 e. The first kappa shape index (κ1) is 14.0. The zero-order valence-electron chi connectivity index (χ0n) is 11.5. The average molecular weight is 235 g/mol. The van der Waals surface area contributed by atoms with Crippen LogP contribution in [0.4, 0.5) is 5.82 Å². The van der Waals surface area contributed by atoms with E-state index in [1.54, 1.807) is 0 Å². The third-order valence-electron chi connectivity index (χ3n) is 3.18. The molecule has 1 rings (SSSR count). The normalized spacial score (nSPS) is 11.2. The summed E-state index contributed by atoms with van der Waals surface area (Å²) in [6.45, 7) is 8.50. The van der Waals surface area contributed by atoms with E-state index in [9.17, 15) is 0 Å². The Labute approximate surface area is 105 Å². The number of rotatable bonds is 7. The summed E-state index contributed by atoms with van der Waals surface area (Å²) in [6, 6.07) is 4.91. The fourth-order valence-corrected chi connectivity index (χ4v) is 2.18. The maximum atomic E-state index is 4.29. The van der Waals surface area contributed by atoms with Gasteiger partial charge in [0.15, 0.2) is 0 Å². The van der Waals surface area contributed by atoms with Crippen molar-refractivity contribution in [3.63, 3.8) is 0 Å². The highest BCUT2D eigenvalue weighted by molar-refractivity contribution is 5.37. The number of nitrogens with zero attached hydrogens (tertiary/aromatic N) is 2. The van der Waals surface area contributed by atoms with Gasteiger partial charge in [0, 0.05) is 25.3 Å². The van der Waals surface area contributed by atoms with Crippen molar-refractivity contribution in [1.29, 1.82) is 0 Å². The van der Waals surface area contributed by atoms with Gasteiger partial charge < -0.3 is 5.32 Å². The van der Waals surface area contributed by atoms with Crippen LogP contribution >= 0.6 is 0 Å². The summed E-state index contributed by atoms with van der Waals surface area (Å²) in [5.41, 5.74) is 1.32.